The number of hydrogen-bond donors (Lipinski definition) is 1. The molecule has 2 aromatic rings. The normalized spacial score (nSPS) is 15.2. The Morgan fingerprint density at radius 1 is 1.38 bits per heavy atom. The van der Waals surface area contributed by atoms with Gasteiger partial charge in [0, 0.05) is 51.8 Å². The predicted molar refractivity (Wildman–Crippen MR) is 111 cm³/mol. The fourth-order valence-electron chi connectivity index (χ4n) is 2.79. The molecule has 0 radical (unpaired) electrons. The molecule has 1 saturated heterocycles. The summed E-state index contributed by atoms with van der Waals surface area (Å²) in [6.45, 7) is 5.86. The second-order valence-electron chi connectivity index (χ2n) is 5.88. The largest absolute Gasteiger partial charge is 0.357 e. The second kappa shape index (κ2) is 9.55. The molecule has 1 aliphatic heterocycles. The molecule has 3 rings (SSSR count). The topological polar surface area (TPSA) is 83.6 Å². The monoisotopic (exact) mass is 472 g/mol. The van der Waals surface area contributed by atoms with E-state index >= 15 is 0 Å². The summed E-state index contributed by atoms with van der Waals surface area (Å²) >= 11 is 0. The quantitative estimate of drug-likeness (QED) is 0.391. The molecule has 10 heteroatoms. The van der Waals surface area contributed by atoms with Crippen LogP contribution in [0.15, 0.2) is 36.1 Å². The third kappa shape index (κ3) is 4.96. The highest BCUT2D eigenvalue weighted by Gasteiger charge is 2.27. The number of nitrogens with one attached hydrogen (secondary N) is 1. The molecule has 0 bridgehead atoms. The van der Waals surface area contributed by atoms with Crippen LogP contribution in [0.5, 0.6) is 0 Å². The predicted octanol–water partition coefficient (Wildman–Crippen LogP) is 0.549. The third-order valence-electron chi connectivity index (χ3n) is 4.04. The van der Waals surface area contributed by atoms with Gasteiger partial charge in [-0.1, -0.05) is 0 Å². The number of anilines is 1. The van der Waals surface area contributed by atoms with Crippen LogP contribution in [0.3, 0.4) is 0 Å². The summed E-state index contributed by atoms with van der Waals surface area (Å²) in [7, 11) is 1.85. The van der Waals surface area contributed by atoms with E-state index in [4.69, 9.17) is 0 Å². The summed E-state index contributed by atoms with van der Waals surface area (Å²) < 4.78 is 3.69. The van der Waals surface area contributed by atoms with Crippen molar-refractivity contribution in [2.24, 2.45) is 12.0 Å². The van der Waals surface area contributed by atoms with Gasteiger partial charge in [0.15, 0.2) is 5.96 Å². The fraction of sp³-hybridized carbons (Fsp3) is 0.500. The standard InChI is InChI=1S/C16H24N8O.HI/c1-3-18-16(19-5-7-22-6-4-17-13-22)23-8-9-24(15(25)12-23)14-10-20-21(2)11-14;/h4,6,10-11,13H,3,5,7-9,12H2,1-2H3,(H,18,19);1H. The van der Waals surface area contributed by atoms with Gasteiger partial charge in [-0.2, -0.15) is 5.10 Å². The van der Waals surface area contributed by atoms with Crippen molar-refractivity contribution >= 4 is 41.5 Å². The van der Waals surface area contributed by atoms with Crippen LogP contribution in [0.25, 0.3) is 0 Å². The Balaban J connectivity index is 0.00000243. The highest BCUT2D eigenvalue weighted by atomic mass is 127. The molecular weight excluding hydrogens is 447 g/mol. The highest BCUT2D eigenvalue weighted by Crippen LogP contribution is 2.16. The lowest BCUT2D eigenvalue weighted by atomic mass is 10.3. The lowest BCUT2D eigenvalue weighted by molar-refractivity contribution is -0.120. The van der Waals surface area contributed by atoms with E-state index < -0.39 is 0 Å². The Kier molecular flexibility index (Phi) is 7.42. The van der Waals surface area contributed by atoms with Crippen molar-refractivity contribution in [2.45, 2.75) is 13.5 Å². The van der Waals surface area contributed by atoms with E-state index in [1.54, 1.807) is 28.3 Å². The number of rotatable bonds is 5. The van der Waals surface area contributed by atoms with Gasteiger partial charge in [0.05, 0.1) is 24.8 Å². The van der Waals surface area contributed by atoms with Crippen LogP contribution in [0.4, 0.5) is 5.69 Å². The van der Waals surface area contributed by atoms with Crippen LogP contribution in [0, 0.1) is 0 Å². The van der Waals surface area contributed by atoms with Crippen molar-refractivity contribution in [1.82, 2.24) is 29.5 Å². The number of amides is 1. The van der Waals surface area contributed by atoms with Crippen molar-refractivity contribution in [3.05, 3.63) is 31.1 Å². The molecule has 26 heavy (non-hydrogen) atoms. The first-order valence-corrected chi connectivity index (χ1v) is 8.45. The van der Waals surface area contributed by atoms with Crippen molar-refractivity contribution in [2.75, 3.05) is 37.6 Å². The van der Waals surface area contributed by atoms with Crippen LogP contribution < -0.4 is 10.2 Å². The molecule has 0 saturated carbocycles. The fourth-order valence-corrected chi connectivity index (χ4v) is 2.79. The molecule has 0 atom stereocenters. The second-order valence-corrected chi connectivity index (χ2v) is 5.88. The lowest BCUT2D eigenvalue weighted by Crippen LogP contribution is -2.55. The summed E-state index contributed by atoms with van der Waals surface area (Å²) in [6.07, 6.45) is 9.03. The zero-order valence-electron chi connectivity index (χ0n) is 15.1. The molecule has 1 fully saturated rings. The smallest absolute Gasteiger partial charge is 0.246 e. The highest BCUT2D eigenvalue weighted by molar-refractivity contribution is 14.0. The van der Waals surface area contributed by atoms with Gasteiger partial charge in [-0.25, -0.2) is 4.98 Å². The first-order chi connectivity index (χ1) is 12.2. The number of carbonyl (C=O) groups excluding carboxylic acids is 1. The molecule has 1 amide bonds. The molecule has 3 heterocycles. The molecule has 1 N–H and O–H groups in total. The van der Waals surface area contributed by atoms with E-state index in [1.165, 1.54) is 0 Å². The van der Waals surface area contributed by atoms with Gasteiger partial charge in [-0.3, -0.25) is 14.5 Å². The zero-order valence-corrected chi connectivity index (χ0v) is 17.4. The van der Waals surface area contributed by atoms with Crippen molar-refractivity contribution < 1.29 is 4.79 Å². The summed E-state index contributed by atoms with van der Waals surface area (Å²) in [5, 5.41) is 7.42. The molecule has 0 spiro atoms. The average Bonchev–Trinajstić information content (AvgIpc) is 3.26. The molecule has 0 unspecified atom stereocenters. The number of imidazole rings is 1. The SMILES string of the molecule is CCNC(=NCCn1ccnc1)N1CCN(c2cnn(C)c2)C(=O)C1.I. The van der Waals surface area contributed by atoms with Crippen molar-refractivity contribution in [3.8, 4) is 0 Å². The summed E-state index contributed by atoms with van der Waals surface area (Å²) in [4.78, 5) is 25.0. The van der Waals surface area contributed by atoms with Gasteiger partial charge in [-0.05, 0) is 6.92 Å². The number of piperazine rings is 1. The minimum Gasteiger partial charge on any atom is -0.357 e. The molecular formula is C16H25IN8O. The number of guanidine groups is 1. The van der Waals surface area contributed by atoms with Crippen LogP contribution in [0.2, 0.25) is 0 Å². The van der Waals surface area contributed by atoms with E-state index in [-0.39, 0.29) is 29.9 Å². The van der Waals surface area contributed by atoms with Crippen LogP contribution >= 0.6 is 24.0 Å². The minimum absolute atomic E-state index is 0. The Bertz CT molecular complexity index is 726. The maximum Gasteiger partial charge on any atom is 0.246 e. The minimum atomic E-state index is 0. The number of aromatic nitrogens is 4. The maximum atomic E-state index is 12.5. The maximum absolute atomic E-state index is 12.5. The van der Waals surface area contributed by atoms with E-state index in [9.17, 15) is 4.79 Å². The van der Waals surface area contributed by atoms with Crippen molar-refractivity contribution in [1.29, 1.82) is 0 Å². The van der Waals surface area contributed by atoms with Gasteiger partial charge in [0.2, 0.25) is 5.91 Å². The summed E-state index contributed by atoms with van der Waals surface area (Å²) in [6, 6.07) is 0. The van der Waals surface area contributed by atoms with Crippen molar-refractivity contribution in [3.63, 3.8) is 0 Å². The molecule has 9 nitrogen and oxygen atoms in total. The Hall–Kier alpha value is -2.11. The number of nitrogens with zero attached hydrogens (tertiary/aromatic N) is 7. The molecule has 2 aromatic heterocycles. The van der Waals surface area contributed by atoms with Gasteiger partial charge in [0.1, 0.15) is 6.54 Å². The third-order valence-corrected chi connectivity index (χ3v) is 4.04. The van der Waals surface area contributed by atoms with Gasteiger partial charge < -0.3 is 19.7 Å². The van der Waals surface area contributed by atoms with Gasteiger partial charge in [0.25, 0.3) is 0 Å². The van der Waals surface area contributed by atoms with E-state index in [1.807, 2.05) is 35.8 Å². The van der Waals surface area contributed by atoms with E-state index in [0.717, 1.165) is 31.3 Å². The van der Waals surface area contributed by atoms with Crippen LogP contribution in [-0.4, -0.2) is 68.8 Å². The Morgan fingerprint density at radius 2 is 2.23 bits per heavy atom. The zero-order chi connectivity index (χ0) is 17.6. The Labute approximate surface area is 170 Å². The first kappa shape index (κ1) is 20.2. The summed E-state index contributed by atoms with van der Waals surface area (Å²) in [5.74, 6) is 0.835. The average molecular weight is 472 g/mol. The first-order valence-electron chi connectivity index (χ1n) is 8.45. The number of carbonyl (C=O) groups is 1. The van der Waals surface area contributed by atoms with Crippen LogP contribution in [-0.2, 0) is 18.4 Å². The molecule has 142 valence electrons. The molecule has 0 aromatic carbocycles. The lowest BCUT2D eigenvalue weighted by Gasteiger charge is -2.35. The number of aliphatic imine (C=N–C) groups is 1. The van der Waals surface area contributed by atoms with Crippen LogP contribution in [0.1, 0.15) is 6.92 Å². The molecule has 1 aliphatic rings. The van der Waals surface area contributed by atoms with E-state index in [2.05, 4.69) is 20.4 Å². The number of aryl methyl sites for hydroxylation is 1. The molecule has 0 aliphatic carbocycles. The van der Waals surface area contributed by atoms with Gasteiger partial charge >= 0.3 is 0 Å². The number of hydrogen-bond acceptors (Lipinski definition) is 4. The Morgan fingerprint density at radius 3 is 2.85 bits per heavy atom. The van der Waals surface area contributed by atoms with Gasteiger partial charge in [-0.15, -0.1) is 24.0 Å². The number of halogens is 1. The van der Waals surface area contributed by atoms with E-state index in [0.29, 0.717) is 19.6 Å². The summed E-state index contributed by atoms with van der Waals surface area (Å²) in [5.41, 5.74) is 0.842.